The van der Waals surface area contributed by atoms with E-state index in [2.05, 4.69) is 9.97 Å². The topological polar surface area (TPSA) is 142 Å². The lowest BCUT2D eigenvalue weighted by Gasteiger charge is -2.13. The van der Waals surface area contributed by atoms with Crippen LogP contribution in [0.1, 0.15) is 11.7 Å². The second kappa shape index (κ2) is 4.41. The maximum atomic E-state index is 11.6. The van der Waals surface area contributed by atoms with E-state index in [0.29, 0.717) is 0 Å². The quantitative estimate of drug-likeness (QED) is 0.386. The molecule has 1 aliphatic heterocycles. The highest BCUT2D eigenvalue weighted by Crippen LogP contribution is 2.31. The first-order chi connectivity index (χ1) is 8.04. The van der Waals surface area contributed by atoms with Gasteiger partial charge in [-0.05, 0) is 0 Å². The molecule has 0 saturated carbocycles. The summed E-state index contributed by atoms with van der Waals surface area (Å²) < 4.78 is 5.19. The zero-order valence-electron chi connectivity index (χ0n) is 8.78. The third-order valence-electron chi connectivity index (χ3n) is 2.70. The monoisotopic (exact) mass is 243 g/mol. The fourth-order valence-electron chi connectivity index (χ4n) is 1.78. The molecule has 94 valence electrons. The molecule has 1 unspecified atom stereocenters. The minimum Gasteiger partial charge on any atom is -0.394 e. The molecule has 1 aromatic heterocycles. The minimum atomic E-state index is -1.29. The number of rotatable bonds is 2. The Morgan fingerprint density at radius 2 is 2.18 bits per heavy atom. The van der Waals surface area contributed by atoms with Crippen molar-refractivity contribution < 1.29 is 20.1 Å². The summed E-state index contributed by atoms with van der Waals surface area (Å²) in [7, 11) is 0. The van der Waals surface area contributed by atoms with Crippen LogP contribution in [0.2, 0.25) is 0 Å². The van der Waals surface area contributed by atoms with Gasteiger partial charge in [-0.3, -0.25) is 9.78 Å². The number of aromatic nitrogens is 2. The van der Waals surface area contributed by atoms with E-state index in [0.717, 1.165) is 0 Å². The molecule has 8 nitrogen and oxygen atoms in total. The number of hydrogen-bond donors (Lipinski definition) is 5. The summed E-state index contributed by atoms with van der Waals surface area (Å²) in [6, 6.07) is 0. The number of nitrogen functional groups attached to an aromatic ring is 1. The molecule has 0 aliphatic carbocycles. The molecule has 1 aliphatic rings. The van der Waals surface area contributed by atoms with Gasteiger partial charge in [0, 0.05) is 6.20 Å². The van der Waals surface area contributed by atoms with E-state index < -0.39 is 36.6 Å². The summed E-state index contributed by atoms with van der Waals surface area (Å²) in [4.78, 5) is 17.5. The molecule has 1 aromatic rings. The second-order valence-corrected chi connectivity index (χ2v) is 3.81. The second-order valence-electron chi connectivity index (χ2n) is 3.81. The van der Waals surface area contributed by atoms with Crippen molar-refractivity contribution in [1.29, 1.82) is 0 Å². The van der Waals surface area contributed by atoms with Crippen molar-refractivity contribution in [2.45, 2.75) is 24.4 Å². The average Bonchev–Trinajstić information content (AvgIpc) is 2.57. The molecule has 0 bridgehead atoms. The first-order valence-corrected chi connectivity index (χ1v) is 5.01. The lowest BCUT2D eigenvalue weighted by Crippen LogP contribution is -2.33. The van der Waals surface area contributed by atoms with Crippen LogP contribution in [0, 0.1) is 0 Å². The highest BCUT2D eigenvalue weighted by atomic mass is 16.6. The molecule has 17 heavy (non-hydrogen) atoms. The Kier molecular flexibility index (Phi) is 3.11. The zero-order valence-corrected chi connectivity index (χ0v) is 8.78. The van der Waals surface area contributed by atoms with E-state index in [-0.39, 0.29) is 11.5 Å². The number of H-pyrrole nitrogens is 1. The van der Waals surface area contributed by atoms with E-state index in [9.17, 15) is 15.0 Å². The van der Waals surface area contributed by atoms with Crippen molar-refractivity contribution in [3.05, 3.63) is 22.1 Å². The lowest BCUT2D eigenvalue weighted by atomic mass is 10.0. The Morgan fingerprint density at radius 3 is 2.71 bits per heavy atom. The number of aliphatic hydroxyl groups excluding tert-OH is 3. The van der Waals surface area contributed by atoms with Gasteiger partial charge < -0.3 is 25.8 Å². The number of hydrogen-bond acceptors (Lipinski definition) is 7. The molecule has 6 N–H and O–H groups in total. The van der Waals surface area contributed by atoms with Crippen LogP contribution in [-0.4, -0.2) is 50.2 Å². The molecule has 0 aromatic carbocycles. The van der Waals surface area contributed by atoms with Gasteiger partial charge in [-0.25, -0.2) is 4.98 Å². The standard InChI is InChI=1S/C9H13N3O5/c10-9-11-1-3(8(16)12-9)7-6(15)5(14)4(2-13)17-7/h1,4-7,13-15H,2H2,(H3,10,11,12,16)/t4-,5-,6-,7?/m1/s1. The van der Waals surface area contributed by atoms with Crippen LogP contribution in [0.15, 0.2) is 11.0 Å². The number of nitrogens with two attached hydrogens (primary N) is 1. The summed E-state index contributed by atoms with van der Waals surface area (Å²) in [6.45, 7) is -0.449. The first kappa shape index (κ1) is 12.0. The van der Waals surface area contributed by atoms with E-state index in [4.69, 9.17) is 15.6 Å². The van der Waals surface area contributed by atoms with Crippen LogP contribution in [0.3, 0.4) is 0 Å². The summed E-state index contributed by atoms with van der Waals surface area (Å²) in [6.07, 6.45) is -3.32. The first-order valence-electron chi connectivity index (χ1n) is 5.01. The maximum absolute atomic E-state index is 11.6. The highest BCUT2D eigenvalue weighted by molar-refractivity contribution is 5.21. The normalized spacial score (nSPS) is 32.9. The third-order valence-corrected chi connectivity index (χ3v) is 2.70. The summed E-state index contributed by atoms with van der Waals surface area (Å²) in [5.74, 6) is -0.0505. The van der Waals surface area contributed by atoms with Crippen LogP contribution in [-0.2, 0) is 4.74 Å². The van der Waals surface area contributed by atoms with Crippen molar-refractivity contribution in [3.8, 4) is 0 Å². The Labute approximate surface area is 95.7 Å². The molecule has 1 saturated heterocycles. The van der Waals surface area contributed by atoms with Gasteiger partial charge in [-0.1, -0.05) is 0 Å². The molecule has 1 fully saturated rings. The zero-order chi connectivity index (χ0) is 12.6. The molecule has 0 spiro atoms. The predicted molar refractivity (Wildman–Crippen MR) is 56.0 cm³/mol. The molecule has 2 heterocycles. The number of nitrogens with zero attached hydrogens (tertiary/aromatic N) is 1. The van der Waals surface area contributed by atoms with Crippen LogP contribution in [0.4, 0.5) is 5.95 Å². The third kappa shape index (κ3) is 2.03. The van der Waals surface area contributed by atoms with E-state index >= 15 is 0 Å². The van der Waals surface area contributed by atoms with E-state index in [1.807, 2.05) is 0 Å². The Balaban J connectivity index is 2.32. The van der Waals surface area contributed by atoms with Crippen molar-refractivity contribution in [1.82, 2.24) is 9.97 Å². The van der Waals surface area contributed by atoms with Gasteiger partial charge in [0.15, 0.2) is 5.95 Å². The van der Waals surface area contributed by atoms with Crippen molar-refractivity contribution in [2.24, 2.45) is 0 Å². The van der Waals surface area contributed by atoms with Gasteiger partial charge in [0.2, 0.25) is 0 Å². The number of aromatic amines is 1. The number of anilines is 1. The summed E-state index contributed by atoms with van der Waals surface area (Å²) in [5.41, 5.74) is 4.79. The fraction of sp³-hybridized carbons (Fsp3) is 0.556. The Hall–Kier alpha value is -1.48. The van der Waals surface area contributed by atoms with Crippen LogP contribution in [0.25, 0.3) is 0 Å². The highest BCUT2D eigenvalue weighted by Gasteiger charge is 2.44. The van der Waals surface area contributed by atoms with E-state index in [1.54, 1.807) is 0 Å². The van der Waals surface area contributed by atoms with E-state index in [1.165, 1.54) is 6.20 Å². The Morgan fingerprint density at radius 1 is 1.47 bits per heavy atom. The van der Waals surface area contributed by atoms with Crippen LogP contribution < -0.4 is 11.3 Å². The molecular weight excluding hydrogens is 230 g/mol. The van der Waals surface area contributed by atoms with Gasteiger partial charge >= 0.3 is 0 Å². The van der Waals surface area contributed by atoms with Crippen molar-refractivity contribution >= 4 is 5.95 Å². The van der Waals surface area contributed by atoms with Gasteiger partial charge in [0.25, 0.3) is 5.56 Å². The van der Waals surface area contributed by atoms with Gasteiger partial charge in [-0.2, -0.15) is 0 Å². The van der Waals surface area contributed by atoms with Gasteiger partial charge in [0.05, 0.1) is 12.2 Å². The molecule has 0 radical (unpaired) electrons. The fourth-order valence-corrected chi connectivity index (χ4v) is 1.78. The maximum Gasteiger partial charge on any atom is 0.258 e. The SMILES string of the molecule is Nc1ncc(C2O[C@H](CO)[C@@H](O)[C@H]2O)c(=O)[nH]1. The molecule has 4 atom stereocenters. The number of ether oxygens (including phenoxy) is 1. The summed E-state index contributed by atoms with van der Waals surface area (Å²) >= 11 is 0. The lowest BCUT2D eigenvalue weighted by molar-refractivity contribution is -0.0232. The largest absolute Gasteiger partial charge is 0.394 e. The van der Waals surface area contributed by atoms with Crippen LogP contribution >= 0.6 is 0 Å². The van der Waals surface area contributed by atoms with Crippen molar-refractivity contribution in [3.63, 3.8) is 0 Å². The van der Waals surface area contributed by atoms with Crippen molar-refractivity contribution in [2.75, 3.05) is 12.3 Å². The molecule has 0 amide bonds. The molecule has 2 rings (SSSR count). The van der Waals surface area contributed by atoms with Gasteiger partial charge in [0.1, 0.15) is 24.4 Å². The number of nitrogens with one attached hydrogen (secondary N) is 1. The molecule has 8 heteroatoms. The average molecular weight is 243 g/mol. The van der Waals surface area contributed by atoms with Crippen LogP contribution in [0.5, 0.6) is 0 Å². The Bertz CT molecular complexity index is 462. The predicted octanol–water partition coefficient (Wildman–Crippen LogP) is -2.49. The minimum absolute atomic E-state index is 0.0505. The van der Waals surface area contributed by atoms with Gasteiger partial charge in [-0.15, -0.1) is 0 Å². The smallest absolute Gasteiger partial charge is 0.258 e. The number of aliphatic hydroxyl groups is 3. The summed E-state index contributed by atoms with van der Waals surface area (Å²) in [5, 5.41) is 28.2. The molecular formula is C9H13N3O5.